The van der Waals surface area contributed by atoms with Crippen molar-refractivity contribution in [3.8, 4) is 5.75 Å². The number of benzene rings is 1. The van der Waals surface area contributed by atoms with Crippen molar-refractivity contribution in [2.24, 2.45) is 10.4 Å². The van der Waals surface area contributed by atoms with Crippen LogP contribution in [0.1, 0.15) is 39.0 Å². The summed E-state index contributed by atoms with van der Waals surface area (Å²) in [6.07, 6.45) is 5.66. The number of nitrogens with one attached hydrogen (secondary N) is 2. The fourth-order valence-corrected chi connectivity index (χ4v) is 3.91. The molecule has 3 rings (SSSR count). The highest BCUT2D eigenvalue weighted by molar-refractivity contribution is 14.0. The minimum Gasteiger partial charge on any atom is -0.482 e. The zero-order chi connectivity index (χ0) is 20.5. The van der Waals surface area contributed by atoms with Gasteiger partial charge in [0, 0.05) is 39.9 Å². The fraction of sp³-hybridized carbons (Fsp3) is 0.636. The van der Waals surface area contributed by atoms with Gasteiger partial charge in [0.25, 0.3) is 5.91 Å². The minimum atomic E-state index is 0. The van der Waals surface area contributed by atoms with Crippen LogP contribution in [-0.4, -0.2) is 58.4 Å². The second kappa shape index (κ2) is 12.3. The molecule has 0 atom stereocenters. The van der Waals surface area contributed by atoms with E-state index in [9.17, 15) is 4.79 Å². The Hall–Kier alpha value is -1.55. The van der Waals surface area contributed by atoms with Gasteiger partial charge in [-0.15, -0.1) is 24.0 Å². The maximum Gasteiger partial charge on any atom is 0.265 e. The molecule has 0 unspecified atom stereocenters. The second-order valence-electron chi connectivity index (χ2n) is 7.87. The first-order valence-electron chi connectivity index (χ1n) is 10.7. The lowest BCUT2D eigenvalue weighted by Crippen LogP contribution is -2.43. The molecule has 1 aromatic carbocycles. The van der Waals surface area contributed by atoms with E-state index in [2.05, 4.69) is 17.6 Å². The van der Waals surface area contributed by atoms with Gasteiger partial charge in [-0.1, -0.05) is 18.6 Å². The number of aliphatic imine (C=N–C) groups is 1. The average Bonchev–Trinajstić information content (AvgIpc) is 2.71. The number of rotatable bonds is 10. The fourth-order valence-electron chi connectivity index (χ4n) is 3.91. The lowest BCUT2D eigenvalue weighted by atomic mass is 9.67. The Labute approximate surface area is 197 Å². The summed E-state index contributed by atoms with van der Waals surface area (Å²) in [5, 5.41) is 6.74. The molecular formula is C22H35IN4O3. The summed E-state index contributed by atoms with van der Waals surface area (Å²) >= 11 is 0. The zero-order valence-electron chi connectivity index (χ0n) is 18.1. The molecule has 2 N–H and O–H groups in total. The van der Waals surface area contributed by atoms with E-state index < -0.39 is 0 Å². The Kier molecular flexibility index (Phi) is 10.2. The zero-order valence-corrected chi connectivity index (χ0v) is 20.4. The number of hydrogen-bond acceptors (Lipinski definition) is 4. The minimum absolute atomic E-state index is 0. The number of fused-ring (bicyclic) bond motifs is 1. The lowest BCUT2D eigenvalue weighted by Gasteiger charge is -2.40. The van der Waals surface area contributed by atoms with E-state index in [1.807, 2.05) is 29.2 Å². The van der Waals surface area contributed by atoms with Crippen LogP contribution >= 0.6 is 24.0 Å². The summed E-state index contributed by atoms with van der Waals surface area (Å²) in [5.74, 6) is 1.64. The third kappa shape index (κ3) is 6.47. The first-order chi connectivity index (χ1) is 14.2. The van der Waals surface area contributed by atoms with Gasteiger partial charge in [0.05, 0.1) is 5.69 Å². The summed E-state index contributed by atoms with van der Waals surface area (Å²) in [4.78, 5) is 18.9. The molecule has 1 aliphatic heterocycles. The summed E-state index contributed by atoms with van der Waals surface area (Å²) in [6.45, 7) is 6.05. The van der Waals surface area contributed by atoms with Crippen molar-refractivity contribution >= 4 is 41.5 Å². The van der Waals surface area contributed by atoms with Gasteiger partial charge in [-0.2, -0.15) is 0 Å². The SMILES string of the molecule is CCNC(=NCC1(CCOC)CCC1)NCCCN1C(=O)COc2ccccc21.I. The molecule has 0 aromatic heterocycles. The number of ether oxygens (including phenoxy) is 2. The highest BCUT2D eigenvalue weighted by Gasteiger charge is 2.36. The van der Waals surface area contributed by atoms with Crippen LogP contribution in [0.25, 0.3) is 0 Å². The molecule has 8 heteroatoms. The number of carbonyl (C=O) groups excluding carboxylic acids is 1. The van der Waals surface area contributed by atoms with Crippen molar-refractivity contribution in [2.75, 3.05) is 51.4 Å². The number of para-hydroxylation sites is 2. The molecule has 1 aromatic rings. The molecule has 0 spiro atoms. The molecule has 168 valence electrons. The van der Waals surface area contributed by atoms with Crippen LogP contribution in [0, 0.1) is 5.41 Å². The van der Waals surface area contributed by atoms with Crippen molar-refractivity contribution in [1.82, 2.24) is 10.6 Å². The van der Waals surface area contributed by atoms with Gasteiger partial charge in [-0.25, -0.2) is 0 Å². The average molecular weight is 530 g/mol. The topological polar surface area (TPSA) is 75.2 Å². The van der Waals surface area contributed by atoms with Crippen LogP contribution in [-0.2, 0) is 9.53 Å². The van der Waals surface area contributed by atoms with E-state index in [4.69, 9.17) is 14.5 Å². The number of amides is 1. The predicted octanol–water partition coefficient (Wildman–Crippen LogP) is 3.18. The summed E-state index contributed by atoms with van der Waals surface area (Å²) in [7, 11) is 1.76. The van der Waals surface area contributed by atoms with E-state index in [0.29, 0.717) is 12.0 Å². The molecule has 0 radical (unpaired) electrons. The molecule has 0 saturated heterocycles. The van der Waals surface area contributed by atoms with E-state index in [1.165, 1.54) is 19.3 Å². The van der Waals surface area contributed by atoms with E-state index in [0.717, 1.165) is 56.5 Å². The molecule has 1 saturated carbocycles. The summed E-state index contributed by atoms with van der Waals surface area (Å²) in [5.41, 5.74) is 1.16. The Morgan fingerprint density at radius 2 is 2.10 bits per heavy atom. The molecule has 1 amide bonds. The lowest BCUT2D eigenvalue weighted by molar-refractivity contribution is -0.121. The monoisotopic (exact) mass is 530 g/mol. The maximum atomic E-state index is 12.3. The van der Waals surface area contributed by atoms with E-state index >= 15 is 0 Å². The van der Waals surface area contributed by atoms with Gasteiger partial charge >= 0.3 is 0 Å². The normalized spacial score (nSPS) is 17.3. The van der Waals surface area contributed by atoms with Crippen molar-refractivity contribution in [1.29, 1.82) is 0 Å². The molecule has 1 aliphatic carbocycles. The molecular weight excluding hydrogens is 495 g/mol. The molecule has 0 bridgehead atoms. The van der Waals surface area contributed by atoms with Gasteiger partial charge in [0.2, 0.25) is 0 Å². The smallest absolute Gasteiger partial charge is 0.265 e. The number of guanidine groups is 1. The largest absolute Gasteiger partial charge is 0.482 e. The van der Waals surface area contributed by atoms with Crippen molar-refractivity contribution in [3.05, 3.63) is 24.3 Å². The van der Waals surface area contributed by atoms with Gasteiger partial charge in [-0.05, 0) is 50.2 Å². The van der Waals surface area contributed by atoms with Crippen LogP contribution < -0.4 is 20.3 Å². The Morgan fingerprint density at radius 3 is 2.80 bits per heavy atom. The first-order valence-corrected chi connectivity index (χ1v) is 10.7. The van der Waals surface area contributed by atoms with Gasteiger partial charge < -0.3 is 25.0 Å². The molecule has 1 heterocycles. The first kappa shape index (κ1) is 24.7. The number of nitrogens with zero attached hydrogens (tertiary/aromatic N) is 2. The predicted molar refractivity (Wildman–Crippen MR) is 131 cm³/mol. The Balaban J connectivity index is 0.00000320. The van der Waals surface area contributed by atoms with Crippen molar-refractivity contribution in [2.45, 2.75) is 39.0 Å². The van der Waals surface area contributed by atoms with Crippen LogP contribution in [0.5, 0.6) is 5.75 Å². The maximum absolute atomic E-state index is 12.3. The van der Waals surface area contributed by atoms with E-state index in [1.54, 1.807) is 7.11 Å². The van der Waals surface area contributed by atoms with Crippen LogP contribution in [0.15, 0.2) is 29.3 Å². The molecule has 2 aliphatic rings. The summed E-state index contributed by atoms with van der Waals surface area (Å²) < 4.78 is 10.8. The number of halogens is 1. The van der Waals surface area contributed by atoms with Gasteiger partial charge in [-0.3, -0.25) is 9.79 Å². The van der Waals surface area contributed by atoms with Crippen LogP contribution in [0.2, 0.25) is 0 Å². The van der Waals surface area contributed by atoms with Crippen molar-refractivity contribution < 1.29 is 14.3 Å². The number of carbonyl (C=O) groups is 1. The molecule has 1 fully saturated rings. The highest BCUT2D eigenvalue weighted by Crippen LogP contribution is 2.44. The standard InChI is InChI=1S/C22H34N4O3.HI/c1-3-23-21(25-17-22(10-6-11-22)12-15-28-2)24-13-7-14-26-18-8-4-5-9-19(18)29-16-20(26)27;/h4-5,8-9H,3,6-7,10-17H2,1-2H3,(H2,23,24,25);1H. The third-order valence-corrected chi connectivity index (χ3v) is 5.83. The Morgan fingerprint density at radius 1 is 1.30 bits per heavy atom. The van der Waals surface area contributed by atoms with Gasteiger partial charge in [0.1, 0.15) is 5.75 Å². The Bertz CT molecular complexity index is 709. The van der Waals surface area contributed by atoms with E-state index in [-0.39, 0.29) is 36.5 Å². The van der Waals surface area contributed by atoms with Crippen LogP contribution in [0.3, 0.4) is 0 Å². The molecule has 30 heavy (non-hydrogen) atoms. The number of anilines is 1. The third-order valence-electron chi connectivity index (χ3n) is 5.83. The number of hydrogen-bond donors (Lipinski definition) is 2. The quantitative estimate of drug-likeness (QED) is 0.211. The number of methoxy groups -OCH3 is 1. The van der Waals surface area contributed by atoms with Crippen molar-refractivity contribution in [3.63, 3.8) is 0 Å². The van der Waals surface area contributed by atoms with Crippen LogP contribution in [0.4, 0.5) is 5.69 Å². The highest BCUT2D eigenvalue weighted by atomic mass is 127. The second-order valence-corrected chi connectivity index (χ2v) is 7.87. The van der Waals surface area contributed by atoms with Gasteiger partial charge in [0.15, 0.2) is 12.6 Å². The molecule has 7 nitrogen and oxygen atoms in total. The summed E-state index contributed by atoms with van der Waals surface area (Å²) in [6, 6.07) is 7.70.